The van der Waals surface area contributed by atoms with E-state index in [1.165, 1.54) is 0 Å². The third-order valence-electron chi connectivity index (χ3n) is 8.26. The van der Waals surface area contributed by atoms with Crippen molar-refractivity contribution in [2.45, 2.75) is 58.3 Å². The topological polar surface area (TPSA) is 81.2 Å². The number of ether oxygens (including phenoxy) is 1. The van der Waals surface area contributed by atoms with E-state index in [9.17, 15) is 9.59 Å². The van der Waals surface area contributed by atoms with E-state index in [2.05, 4.69) is 26.1 Å². The van der Waals surface area contributed by atoms with Crippen molar-refractivity contribution in [1.82, 2.24) is 9.97 Å². The van der Waals surface area contributed by atoms with Crippen LogP contribution in [-0.2, 0) is 20.4 Å². The van der Waals surface area contributed by atoms with Gasteiger partial charge in [-0.05, 0) is 60.6 Å². The minimum absolute atomic E-state index is 0.0697. The van der Waals surface area contributed by atoms with Crippen molar-refractivity contribution < 1.29 is 14.3 Å². The number of benzene rings is 2. The molecule has 0 unspecified atom stereocenters. The van der Waals surface area contributed by atoms with Gasteiger partial charge in [0, 0.05) is 11.1 Å². The normalized spacial score (nSPS) is 24.3. The summed E-state index contributed by atoms with van der Waals surface area (Å²) in [6.07, 6.45) is 1.61. The molecule has 6 nitrogen and oxygen atoms in total. The first-order chi connectivity index (χ1) is 16.1. The van der Waals surface area contributed by atoms with Crippen LogP contribution in [0.3, 0.4) is 0 Å². The van der Waals surface area contributed by atoms with Crippen molar-refractivity contribution in [1.29, 1.82) is 0 Å². The van der Waals surface area contributed by atoms with Gasteiger partial charge in [0.1, 0.15) is 0 Å². The molecule has 2 bridgehead atoms. The summed E-state index contributed by atoms with van der Waals surface area (Å²) in [5.74, 6) is -0.152. The Hall–Kier alpha value is -3.28. The fourth-order valence-corrected chi connectivity index (χ4v) is 5.80. The molecule has 2 aliphatic rings. The Morgan fingerprint density at radius 3 is 2.18 bits per heavy atom. The van der Waals surface area contributed by atoms with Crippen molar-refractivity contribution >= 4 is 28.6 Å². The van der Waals surface area contributed by atoms with Crippen LogP contribution in [0, 0.1) is 11.3 Å². The number of para-hydroxylation sites is 2. The molecule has 34 heavy (non-hydrogen) atoms. The van der Waals surface area contributed by atoms with Crippen LogP contribution in [0.4, 0.5) is 5.69 Å². The summed E-state index contributed by atoms with van der Waals surface area (Å²) >= 11 is 0. The highest BCUT2D eigenvalue weighted by Crippen LogP contribution is 2.70. The molecule has 1 amide bonds. The van der Waals surface area contributed by atoms with E-state index in [1.807, 2.05) is 38.1 Å². The van der Waals surface area contributed by atoms with Crippen molar-refractivity contribution in [2.24, 2.45) is 11.3 Å². The standard InChI is InChI=1S/C28H31N3O3/c1-17(2)16-34-24(32)18-10-12-19(13-11-18)29-25(33)28-15-14-27(5,26(28,3)4)22-23(28)31-21-9-7-6-8-20(21)30-22/h6-13,17H,14-16H2,1-5H3,(H,29,33)/t27-,28-/m1/s1. The van der Waals surface area contributed by atoms with Gasteiger partial charge in [-0.15, -0.1) is 0 Å². The van der Waals surface area contributed by atoms with Gasteiger partial charge in [-0.2, -0.15) is 0 Å². The molecular weight excluding hydrogens is 426 g/mol. The number of esters is 1. The van der Waals surface area contributed by atoms with Crippen molar-refractivity contribution in [2.75, 3.05) is 11.9 Å². The van der Waals surface area contributed by atoms with Gasteiger partial charge in [0.15, 0.2) is 0 Å². The van der Waals surface area contributed by atoms with Gasteiger partial charge in [-0.1, -0.05) is 46.8 Å². The van der Waals surface area contributed by atoms with E-state index in [4.69, 9.17) is 14.7 Å². The predicted octanol–water partition coefficient (Wildman–Crippen LogP) is 5.41. The second-order valence-corrected chi connectivity index (χ2v) is 10.8. The quantitative estimate of drug-likeness (QED) is 0.518. The third kappa shape index (κ3) is 3.00. The zero-order valence-corrected chi connectivity index (χ0v) is 20.4. The first-order valence-corrected chi connectivity index (χ1v) is 12.0. The first kappa shape index (κ1) is 22.5. The molecule has 0 spiro atoms. The number of amides is 1. The van der Waals surface area contributed by atoms with Crippen molar-refractivity contribution in [3.05, 3.63) is 65.5 Å². The molecule has 0 aliphatic heterocycles. The Labute approximate surface area is 200 Å². The summed E-state index contributed by atoms with van der Waals surface area (Å²) in [5, 5.41) is 3.12. The maximum absolute atomic E-state index is 14.0. The number of hydrogen-bond acceptors (Lipinski definition) is 5. The molecule has 5 rings (SSSR count). The van der Waals surface area contributed by atoms with Gasteiger partial charge >= 0.3 is 5.97 Å². The van der Waals surface area contributed by atoms with Crippen molar-refractivity contribution in [3.63, 3.8) is 0 Å². The number of fused-ring (bicyclic) bond motifs is 6. The van der Waals surface area contributed by atoms with E-state index in [0.29, 0.717) is 17.9 Å². The minimum atomic E-state index is -0.775. The maximum Gasteiger partial charge on any atom is 0.338 e. The highest BCUT2D eigenvalue weighted by atomic mass is 16.5. The van der Waals surface area contributed by atoms with E-state index >= 15 is 0 Å². The Bertz CT molecular complexity index is 1300. The number of nitrogens with zero attached hydrogens (tertiary/aromatic N) is 2. The lowest BCUT2D eigenvalue weighted by atomic mass is 9.63. The summed E-state index contributed by atoms with van der Waals surface area (Å²) in [6, 6.07) is 14.7. The lowest BCUT2D eigenvalue weighted by Crippen LogP contribution is -2.48. The number of nitrogens with one attached hydrogen (secondary N) is 1. The van der Waals surface area contributed by atoms with Crippen LogP contribution >= 0.6 is 0 Å². The Morgan fingerprint density at radius 2 is 1.56 bits per heavy atom. The highest BCUT2D eigenvalue weighted by molar-refractivity contribution is 6.02. The summed E-state index contributed by atoms with van der Waals surface area (Å²) < 4.78 is 5.30. The van der Waals surface area contributed by atoms with E-state index < -0.39 is 5.41 Å². The van der Waals surface area contributed by atoms with Crippen LogP contribution in [0.1, 0.15) is 69.2 Å². The smallest absolute Gasteiger partial charge is 0.338 e. The molecule has 1 heterocycles. The molecule has 2 aliphatic carbocycles. The van der Waals surface area contributed by atoms with Crippen molar-refractivity contribution in [3.8, 4) is 0 Å². The number of aromatic nitrogens is 2. The molecule has 1 saturated carbocycles. The molecule has 2 atom stereocenters. The number of carbonyl (C=O) groups is 2. The number of rotatable bonds is 5. The van der Waals surface area contributed by atoms with Gasteiger partial charge < -0.3 is 10.1 Å². The van der Waals surface area contributed by atoms with E-state index in [1.54, 1.807) is 24.3 Å². The molecule has 1 fully saturated rings. The molecule has 2 aromatic carbocycles. The molecule has 6 heteroatoms. The SMILES string of the molecule is CC(C)COC(=O)c1ccc(NC(=O)[C@@]23CC[C@](C)(c4nc5ccccc5nc42)C3(C)C)cc1. The summed E-state index contributed by atoms with van der Waals surface area (Å²) in [7, 11) is 0. The van der Waals surface area contributed by atoms with Crippen LogP contribution in [-0.4, -0.2) is 28.5 Å². The van der Waals surface area contributed by atoms with E-state index in [0.717, 1.165) is 35.3 Å². The predicted molar refractivity (Wildman–Crippen MR) is 132 cm³/mol. The van der Waals surface area contributed by atoms with Crippen LogP contribution in [0.25, 0.3) is 11.0 Å². The number of anilines is 1. The maximum atomic E-state index is 14.0. The van der Waals surface area contributed by atoms with Crippen LogP contribution in [0.2, 0.25) is 0 Å². The fourth-order valence-electron chi connectivity index (χ4n) is 5.80. The monoisotopic (exact) mass is 457 g/mol. The van der Waals surface area contributed by atoms with Gasteiger partial charge in [0.05, 0.1) is 40.0 Å². The fraction of sp³-hybridized carbons (Fsp3) is 0.429. The lowest BCUT2D eigenvalue weighted by molar-refractivity contribution is -0.125. The third-order valence-corrected chi connectivity index (χ3v) is 8.26. The number of carbonyl (C=O) groups excluding carboxylic acids is 2. The molecular formula is C28H31N3O3. The average molecular weight is 458 g/mol. The minimum Gasteiger partial charge on any atom is -0.462 e. The molecule has 0 saturated heterocycles. The molecule has 3 aromatic rings. The molecule has 1 N–H and O–H groups in total. The molecule has 0 radical (unpaired) electrons. The Balaban J connectivity index is 1.47. The van der Waals surface area contributed by atoms with Crippen LogP contribution in [0.5, 0.6) is 0 Å². The van der Waals surface area contributed by atoms with Crippen LogP contribution < -0.4 is 5.32 Å². The molecule has 1 aromatic heterocycles. The summed E-state index contributed by atoms with van der Waals surface area (Å²) in [5.41, 5.74) is 3.16. The van der Waals surface area contributed by atoms with Crippen LogP contribution in [0.15, 0.2) is 48.5 Å². The lowest BCUT2D eigenvalue weighted by Gasteiger charge is -2.39. The van der Waals surface area contributed by atoms with E-state index in [-0.39, 0.29) is 28.6 Å². The summed E-state index contributed by atoms with van der Waals surface area (Å²) in [4.78, 5) is 36.2. The Morgan fingerprint density at radius 1 is 0.941 bits per heavy atom. The highest BCUT2D eigenvalue weighted by Gasteiger charge is 2.73. The van der Waals surface area contributed by atoms with Gasteiger partial charge in [-0.3, -0.25) is 4.79 Å². The Kier molecular flexibility index (Phi) is 5.04. The van der Waals surface area contributed by atoms with Gasteiger partial charge in [0.2, 0.25) is 5.91 Å². The zero-order valence-electron chi connectivity index (χ0n) is 20.4. The van der Waals surface area contributed by atoms with Gasteiger partial charge in [0.25, 0.3) is 0 Å². The zero-order chi connectivity index (χ0) is 24.3. The average Bonchev–Trinajstić information content (AvgIpc) is 3.11. The molecule has 176 valence electrons. The second kappa shape index (κ2) is 7.62. The second-order valence-electron chi connectivity index (χ2n) is 10.8. The number of hydrogen-bond donors (Lipinski definition) is 1. The largest absolute Gasteiger partial charge is 0.462 e. The summed E-state index contributed by atoms with van der Waals surface area (Å²) in [6.45, 7) is 10.9. The first-order valence-electron chi connectivity index (χ1n) is 12.0. The van der Waals surface area contributed by atoms with Gasteiger partial charge in [-0.25, -0.2) is 14.8 Å².